The number of hydrogen-bond acceptors (Lipinski definition) is 2. The highest BCUT2D eigenvalue weighted by Gasteiger charge is 2.18. The van der Waals surface area contributed by atoms with Crippen LogP contribution in [0.2, 0.25) is 5.02 Å². The lowest BCUT2D eigenvalue weighted by atomic mass is 10.1. The average molecular weight is 299 g/mol. The molecule has 1 heterocycles. The van der Waals surface area contributed by atoms with Gasteiger partial charge in [-0.2, -0.15) is 0 Å². The van der Waals surface area contributed by atoms with Gasteiger partial charge in [0.1, 0.15) is 11.5 Å². The molecule has 5 heteroatoms. The van der Waals surface area contributed by atoms with Gasteiger partial charge in [-0.25, -0.2) is 9.78 Å². The van der Waals surface area contributed by atoms with Crippen molar-refractivity contribution >= 4 is 17.6 Å². The molecular formula is C16H11ClN2O2. The highest BCUT2D eigenvalue weighted by Crippen LogP contribution is 2.27. The smallest absolute Gasteiger partial charge is 0.354 e. The number of hydrogen-bond donors (Lipinski definition) is 2. The maximum atomic E-state index is 11.4. The lowest BCUT2D eigenvalue weighted by molar-refractivity contribution is 0.0692. The summed E-state index contributed by atoms with van der Waals surface area (Å²) in [7, 11) is 0. The first-order valence-corrected chi connectivity index (χ1v) is 6.67. The molecule has 0 fully saturated rings. The number of nitrogens with zero attached hydrogens (tertiary/aromatic N) is 1. The van der Waals surface area contributed by atoms with E-state index in [4.69, 9.17) is 11.6 Å². The molecule has 0 radical (unpaired) electrons. The molecule has 0 aliphatic heterocycles. The summed E-state index contributed by atoms with van der Waals surface area (Å²) in [4.78, 5) is 18.7. The van der Waals surface area contributed by atoms with E-state index in [1.807, 2.05) is 36.4 Å². The van der Waals surface area contributed by atoms with Gasteiger partial charge in [0.05, 0.1) is 0 Å². The molecule has 4 nitrogen and oxygen atoms in total. The van der Waals surface area contributed by atoms with E-state index in [9.17, 15) is 9.90 Å². The van der Waals surface area contributed by atoms with Crippen LogP contribution in [0.5, 0.6) is 0 Å². The molecule has 3 aromatic rings. The van der Waals surface area contributed by atoms with Gasteiger partial charge in [-0.15, -0.1) is 0 Å². The van der Waals surface area contributed by atoms with E-state index >= 15 is 0 Å². The van der Waals surface area contributed by atoms with Gasteiger partial charge in [0, 0.05) is 16.1 Å². The molecule has 2 aromatic carbocycles. The van der Waals surface area contributed by atoms with Gasteiger partial charge in [0.25, 0.3) is 0 Å². The zero-order chi connectivity index (χ0) is 14.8. The highest BCUT2D eigenvalue weighted by atomic mass is 35.5. The van der Waals surface area contributed by atoms with Crippen LogP contribution < -0.4 is 0 Å². The Morgan fingerprint density at radius 3 is 2.43 bits per heavy atom. The summed E-state index contributed by atoms with van der Waals surface area (Å²) >= 11 is 5.96. The van der Waals surface area contributed by atoms with E-state index in [0.717, 1.165) is 11.1 Å². The summed E-state index contributed by atoms with van der Waals surface area (Å²) < 4.78 is 0. The quantitative estimate of drug-likeness (QED) is 0.765. The third kappa shape index (κ3) is 2.66. The molecule has 2 N–H and O–H groups in total. The van der Waals surface area contributed by atoms with E-state index in [1.54, 1.807) is 18.2 Å². The van der Waals surface area contributed by atoms with Crippen molar-refractivity contribution in [3.63, 3.8) is 0 Å². The molecule has 0 aliphatic rings. The Labute approximate surface area is 126 Å². The number of carboxylic acid groups (broad SMARTS) is 1. The molecule has 0 saturated heterocycles. The molecule has 0 aliphatic carbocycles. The Morgan fingerprint density at radius 1 is 1.05 bits per heavy atom. The zero-order valence-corrected chi connectivity index (χ0v) is 11.6. The molecule has 1 aromatic heterocycles. The Kier molecular flexibility index (Phi) is 3.46. The summed E-state index contributed by atoms with van der Waals surface area (Å²) in [6.45, 7) is 0. The minimum absolute atomic E-state index is 0.0659. The first-order valence-electron chi connectivity index (χ1n) is 6.30. The Hall–Kier alpha value is -2.59. The number of carbonyl (C=O) groups is 1. The first kappa shape index (κ1) is 13.4. The van der Waals surface area contributed by atoms with Crippen LogP contribution in [0, 0.1) is 0 Å². The first-order chi connectivity index (χ1) is 10.1. The molecule has 0 atom stereocenters. The largest absolute Gasteiger partial charge is 0.477 e. The number of halogens is 1. The van der Waals surface area contributed by atoms with Crippen LogP contribution in [0.15, 0.2) is 54.6 Å². The zero-order valence-electron chi connectivity index (χ0n) is 10.9. The van der Waals surface area contributed by atoms with Crippen LogP contribution in [0.4, 0.5) is 0 Å². The Balaban J connectivity index is 2.15. The lowest BCUT2D eigenvalue weighted by Gasteiger charge is -1.97. The van der Waals surface area contributed by atoms with E-state index in [2.05, 4.69) is 9.97 Å². The van der Waals surface area contributed by atoms with Crippen LogP contribution in [0.1, 0.15) is 10.5 Å². The SMILES string of the molecule is O=C(O)c1[nH]c(-c2cccc(Cl)c2)nc1-c1ccccc1. The number of aromatic amines is 1. The lowest BCUT2D eigenvalue weighted by Crippen LogP contribution is -1.99. The van der Waals surface area contributed by atoms with Crippen molar-refractivity contribution < 1.29 is 9.90 Å². The highest BCUT2D eigenvalue weighted by molar-refractivity contribution is 6.30. The fourth-order valence-corrected chi connectivity index (χ4v) is 2.30. The summed E-state index contributed by atoms with van der Waals surface area (Å²) in [5.41, 5.74) is 1.97. The van der Waals surface area contributed by atoms with Gasteiger partial charge >= 0.3 is 5.97 Å². The van der Waals surface area contributed by atoms with Crippen LogP contribution >= 0.6 is 11.6 Å². The normalized spacial score (nSPS) is 10.5. The second-order valence-electron chi connectivity index (χ2n) is 4.49. The van der Waals surface area contributed by atoms with Crippen LogP contribution in [0.25, 0.3) is 22.6 Å². The van der Waals surface area contributed by atoms with Crippen molar-refractivity contribution in [1.82, 2.24) is 9.97 Å². The van der Waals surface area contributed by atoms with Crippen LogP contribution in [-0.2, 0) is 0 Å². The minimum Gasteiger partial charge on any atom is -0.477 e. The molecule has 3 rings (SSSR count). The van der Waals surface area contributed by atoms with Crippen molar-refractivity contribution in [2.45, 2.75) is 0 Å². The maximum Gasteiger partial charge on any atom is 0.354 e. The molecule has 0 saturated carbocycles. The van der Waals surface area contributed by atoms with E-state index in [1.165, 1.54) is 0 Å². The topological polar surface area (TPSA) is 66.0 Å². The fraction of sp³-hybridized carbons (Fsp3) is 0. The molecule has 104 valence electrons. The number of imidazole rings is 1. The number of carboxylic acids is 1. The van der Waals surface area contributed by atoms with Gasteiger partial charge in [-0.3, -0.25) is 0 Å². The number of aromatic carboxylic acids is 1. The van der Waals surface area contributed by atoms with Crippen molar-refractivity contribution in [2.24, 2.45) is 0 Å². The van der Waals surface area contributed by atoms with Gasteiger partial charge in [0.15, 0.2) is 5.69 Å². The summed E-state index contributed by atoms with van der Waals surface area (Å²) in [6.07, 6.45) is 0. The molecule has 0 amide bonds. The second kappa shape index (κ2) is 5.42. The molecule has 21 heavy (non-hydrogen) atoms. The third-order valence-electron chi connectivity index (χ3n) is 3.06. The van der Waals surface area contributed by atoms with Gasteiger partial charge in [-0.05, 0) is 12.1 Å². The molecule has 0 unspecified atom stereocenters. The number of benzene rings is 2. The Bertz CT molecular complexity index is 797. The minimum atomic E-state index is -1.05. The number of rotatable bonds is 3. The monoisotopic (exact) mass is 298 g/mol. The van der Waals surface area contributed by atoms with Crippen molar-refractivity contribution in [3.8, 4) is 22.6 Å². The van der Waals surface area contributed by atoms with Crippen molar-refractivity contribution in [1.29, 1.82) is 0 Å². The summed E-state index contributed by atoms with van der Waals surface area (Å²) in [5.74, 6) is -0.566. The van der Waals surface area contributed by atoms with Crippen molar-refractivity contribution in [3.05, 3.63) is 65.3 Å². The average Bonchev–Trinajstić information content (AvgIpc) is 2.93. The fourth-order valence-electron chi connectivity index (χ4n) is 2.11. The van der Waals surface area contributed by atoms with Gasteiger partial charge < -0.3 is 10.1 Å². The second-order valence-corrected chi connectivity index (χ2v) is 4.93. The summed E-state index contributed by atoms with van der Waals surface area (Å²) in [6, 6.07) is 16.3. The predicted octanol–water partition coefficient (Wildman–Crippen LogP) is 4.10. The third-order valence-corrected chi connectivity index (χ3v) is 3.30. The van der Waals surface area contributed by atoms with Crippen LogP contribution in [-0.4, -0.2) is 21.0 Å². The van der Waals surface area contributed by atoms with E-state index in [-0.39, 0.29) is 5.69 Å². The molecular weight excluding hydrogens is 288 g/mol. The number of nitrogens with one attached hydrogen (secondary N) is 1. The van der Waals surface area contributed by atoms with Crippen LogP contribution in [0.3, 0.4) is 0 Å². The predicted molar refractivity (Wildman–Crippen MR) is 81.4 cm³/mol. The molecule has 0 spiro atoms. The van der Waals surface area contributed by atoms with Gasteiger partial charge in [0.2, 0.25) is 0 Å². The van der Waals surface area contributed by atoms with E-state index < -0.39 is 5.97 Å². The molecule has 0 bridgehead atoms. The standard InChI is InChI=1S/C16H11ClN2O2/c17-12-8-4-7-11(9-12)15-18-13(14(19-15)16(20)21)10-5-2-1-3-6-10/h1-9H,(H,18,19)(H,20,21). The number of aromatic nitrogens is 2. The van der Waals surface area contributed by atoms with E-state index in [0.29, 0.717) is 16.5 Å². The summed E-state index contributed by atoms with van der Waals surface area (Å²) in [5, 5.41) is 9.92. The van der Waals surface area contributed by atoms with Crippen molar-refractivity contribution in [2.75, 3.05) is 0 Å². The Morgan fingerprint density at radius 2 is 1.76 bits per heavy atom. The maximum absolute atomic E-state index is 11.4. The number of H-pyrrole nitrogens is 1. The van der Waals surface area contributed by atoms with Gasteiger partial charge in [-0.1, -0.05) is 54.1 Å².